The summed E-state index contributed by atoms with van der Waals surface area (Å²) >= 11 is 1.59. The molecule has 0 aliphatic carbocycles. The fourth-order valence-corrected chi connectivity index (χ4v) is 2.42. The molecule has 7 heteroatoms. The molecular formula is C12H18N2O4S. The van der Waals surface area contributed by atoms with Gasteiger partial charge in [-0.3, -0.25) is 0 Å². The summed E-state index contributed by atoms with van der Waals surface area (Å²) < 4.78 is 0. The van der Waals surface area contributed by atoms with Gasteiger partial charge < -0.3 is 20.8 Å². The second-order valence-electron chi connectivity index (χ2n) is 3.97. The Morgan fingerprint density at radius 3 is 2.79 bits per heavy atom. The Kier molecular flexibility index (Phi) is 6.31. The molecule has 2 amide bonds. The van der Waals surface area contributed by atoms with Gasteiger partial charge in [-0.15, -0.1) is 11.3 Å². The Hall–Kier alpha value is -1.60. The number of carboxylic acid groups (broad SMARTS) is 1. The van der Waals surface area contributed by atoms with Crippen LogP contribution in [0.15, 0.2) is 11.4 Å². The summed E-state index contributed by atoms with van der Waals surface area (Å²) in [5, 5.41) is 24.7. The average Bonchev–Trinajstić information content (AvgIpc) is 2.83. The number of aryl methyl sites for hydroxylation is 1. The second-order valence-corrected chi connectivity index (χ2v) is 4.98. The molecule has 19 heavy (non-hydrogen) atoms. The number of amides is 2. The van der Waals surface area contributed by atoms with E-state index in [0.717, 1.165) is 11.3 Å². The highest BCUT2D eigenvalue weighted by Crippen LogP contribution is 2.16. The lowest BCUT2D eigenvalue weighted by atomic mass is 10.2. The van der Waals surface area contributed by atoms with E-state index in [9.17, 15) is 9.59 Å². The van der Waals surface area contributed by atoms with Crippen molar-refractivity contribution in [2.24, 2.45) is 0 Å². The van der Waals surface area contributed by atoms with Gasteiger partial charge in [-0.25, -0.2) is 9.59 Å². The molecule has 106 valence electrons. The summed E-state index contributed by atoms with van der Waals surface area (Å²) in [5.74, 6) is -1.28. The number of aliphatic carboxylic acids is 1. The molecule has 1 rings (SSSR count). The van der Waals surface area contributed by atoms with Crippen LogP contribution in [0.5, 0.6) is 0 Å². The zero-order valence-electron chi connectivity index (χ0n) is 10.7. The normalized spacial score (nSPS) is 11.9. The van der Waals surface area contributed by atoms with Crippen molar-refractivity contribution in [2.75, 3.05) is 6.54 Å². The SMILES string of the molecule is CCc1ccsc1CNC(=O)NCCC(O)C(=O)O. The molecule has 0 saturated heterocycles. The quantitative estimate of drug-likeness (QED) is 0.599. The highest BCUT2D eigenvalue weighted by atomic mass is 32.1. The van der Waals surface area contributed by atoms with E-state index in [1.165, 1.54) is 5.56 Å². The molecule has 1 aromatic rings. The molecule has 0 bridgehead atoms. The van der Waals surface area contributed by atoms with Crippen molar-refractivity contribution in [3.8, 4) is 0 Å². The van der Waals surface area contributed by atoms with Crippen molar-refractivity contribution in [1.29, 1.82) is 0 Å². The maximum absolute atomic E-state index is 11.4. The zero-order chi connectivity index (χ0) is 14.3. The van der Waals surface area contributed by atoms with Gasteiger partial charge >= 0.3 is 12.0 Å². The molecule has 1 aromatic heterocycles. The topological polar surface area (TPSA) is 98.7 Å². The molecule has 1 unspecified atom stereocenters. The summed E-state index contributed by atoms with van der Waals surface area (Å²) in [5.41, 5.74) is 1.21. The molecule has 0 fully saturated rings. The average molecular weight is 286 g/mol. The largest absolute Gasteiger partial charge is 0.479 e. The first-order valence-electron chi connectivity index (χ1n) is 6.02. The van der Waals surface area contributed by atoms with Gasteiger partial charge in [-0.05, 0) is 23.4 Å². The Labute approximate surface area is 115 Å². The van der Waals surface area contributed by atoms with Gasteiger partial charge in [0, 0.05) is 17.8 Å². The van der Waals surface area contributed by atoms with Crippen molar-refractivity contribution in [3.05, 3.63) is 21.9 Å². The summed E-state index contributed by atoms with van der Waals surface area (Å²) in [7, 11) is 0. The molecule has 1 heterocycles. The van der Waals surface area contributed by atoms with Gasteiger partial charge in [-0.1, -0.05) is 6.92 Å². The van der Waals surface area contributed by atoms with Crippen molar-refractivity contribution >= 4 is 23.3 Å². The van der Waals surface area contributed by atoms with E-state index >= 15 is 0 Å². The van der Waals surface area contributed by atoms with Gasteiger partial charge in [0.05, 0.1) is 6.54 Å². The van der Waals surface area contributed by atoms with Gasteiger partial charge in [-0.2, -0.15) is 0 Å². The van der Waals surface area contributed by atoms with E-state index in [-0.39, 0.29) is 19.0 Å². The predicted molar refractivity (Wildman–Crippen MR) is 72.2 cm³/mol. The maximum atomic E-state index is 11.4. The zero-order valence-corrected chi connectivity index (χ0v) is 11.5. The monoisotopic (exact) mass is 286 g/mol. The highest BCUT2D eigenvalue weighted by molar-refractivity contribution is 7.10. The van der Waals surface area contributed by atoms with E-state index in [4.69, 9.17) is 10.2 Å². The number of aliphatic hydroxyl groups is 1. The number of urea groups is 1. The number of thiophene rings is 1. The van der Waals surface area contributed by atoms with Crippen LogP contribution in [0.3, 0.4) is 0 Å². The van der Waals surface area contributed by atoms with Crippen molar-refractivity contribution in [2.45, 2.75) is 32.4 Å². The number of carbonyl (C=O) groups is 2. The molecule has 4 N–H and O–H groups in total. The Morgan fingerprint density at radius 2 is 2.16 bits per heavy atom. The van der Waals surface area contributed by atoms with Crippen LogP contribution < -0.4 is 10.6 Å². The van der Waals surface area contributed by atoms with Gasteiger partial charge in [0.1, 0.15) is 0 Å². The van der Waals surface area contributed by atoms with Crippen molar-refractivity contribution in [1.82, 2.24) is 10.6 Å². The molecule has 0 radical (unpaired) electrons. The first kappa shape index (κ1) is 15.5. The number of carboxylic acids is 1. The Morgan fingerprint density at radius 1 is 1.42 bits per heavy atom. The molecule has 0 aromatic carbocycles. The highest BCUT2D eigenvalue weighted by Gasteiger charge is 2.12. The fourth-order valence-electron chi connectivity index (χ4n) is 1.51. The third-order valence-electron chi connectivity index (χ3n) is 2.62. The molecule has 0 saturated carbocycles. The Bertz CT molecular complexity index is 433. The lowest BCUT2D eigenvalue weighted by molar-refractivity contribution is -0.146. The smallest absolute Gasteiger partial charge is 0.332 e. The van der Waals surface area contributed by atoms with E-state index in [1.807, 2.05) is 11.4 Å². The lowest BCUT2D eigenvalue weighted by Crippen LogP contribution is -2.37. The lowest BCUT2D eigenvalue weighted by Gasteiger charge is -2.09. The predicted octanol–water partition coefficient (Wildman–Crippen LogP) is 0.945. The minimum Gasteiger partial charge on any atom is -0.479 e. The third kappa shape index (κ3) is 5.27. The molecule has 1 atom stereocenters. The summed E-state index contributed by atoms with van der Waals surface area (Å²) in [6.45, 7) is 2.62. The number of hydrogen-bond acceptors (Lipinski definition) is 4. The van der Waals surface area contributed by atoms with Crippen molar-refractivity contribution < 1.29 is 19.8 Å². The summed E-state index contributed by atoms with van der Waals surface area (Å²) in [6.07, 6.45) is -0.529. The van der Waals surface area contributed by atoms with Gasteiger partial charge in [0.15, 0.2) is 6.10 Å². The standard InChI is InChI=1S/C12H18N2O4S/c1-2-8-4-6-19-10(8)7-14-12(18)13-5-3-9(15)11(16)17/h4,6,9,15H,2-3,5,7H2,1H3,(H,16,17)(H2,13,14,18). The molecule has 6 nitrogen and oxygen atoms in total. The van der Waals surface area contributed by atoms with Crippen LogP contribution in [0.1, 0.15) is 23.8 Å². The minimum absolute atomic E-state index is 0.0119. The number of aliphatic hydroxyl groups excluding tert-OH is 1. The molecule has 0 spiro atoms. The first-order valence-corrected chi connectivity index (χ1v) is 6.90. The number of hydrogen-bond donors (Lipinski definition) is 4. The number of rotatable bonds is 7. The van der Waals surface area contributed by atoms with Gasteiger partial charge in [0.2, 0.25) is 0 Å². The second kappa shape index (κ2) is 7.75. The van der Waals surface area contributed by atoms with Crippen LogP contribution in [0.4, 0.5) is 4.79 Å². The molecule has 0 aliphatic heterocycles. The molecule has 0 aliphatic rings. The van der Waals surface area contributed by atoms with Crippen LogP contribution >= 0.6 is 11.3 Å². The van der Waals surface area contributed by atoms with E-state index in [2.05, 4.69) is 17.6 Å². The van der Waals surface area contributed by atoms with Crippen molar-refractivity contribution in [3.63, 3.8) is 0 Å². The first-order chi connectivity index (χ1) is 9.04. The van der Waals surface area contributed by atoms with E-state index in [1.54, 1.807) is 11.3 Å². The summed E-state index contributed by atoms with van der Waals surface area (Å²) in [4.78, 5) is 22.9. The van der Waals surface area contributed by atoms with Crippen LogP contribution in [-0.2, 0) is 17.8 Å². The maximum Gasteiger partial charge on any atom is 0.332 e. The fraction of sp³-hybridized carbons (Fsp3) is 0.500. The number of nitrogens with one attached hydrogen (secondary N) is 2. The van der Waals surface area contributed by atoms with Crippen LogP contribution in [0.2, 0.25) is 0 Å². The molecular weight excluding hydrogens is 268 g/mol. The Balaban J connectivity index is 2.23. The van der Waals surface area contributed by atoms with E-state index < -0.39 is 12.1 Å². The number of carbonyl (C=O) groups excluding carboxylic acids is 1. The third-order valence-corrected chi connectivity index (χ3v) is 3.58. The van der Waals surface area contributed by atoms with E-state index in [0.29, 0.717) is 6.54 Å². The van der Waals surface area contributed by atoms with Gasteiger partial charge in [0.25, 0.3) is 0 Å². The summed E-state index contributed by atoms with van der Waals surface area (Å²) in [6, 6.07) is 1.66. The van der Waals surface area contributed by atoms with Crippen LogP contribution in [0, 0.1) is 0 Å². The van der Waals surface area contributed by atoms with Crippen LogP contribution in [-0.4, -0.2) is 34.9 Å². The van der Waals surface area contributed by atoms with Crippen LogP contribution in [0.25, 0.3) is 0 Å². The minimum atomic E-state index is -1.44.